The van der Waals surface area contributed by atoms with E-state index in [0.29, 0.717) is 5.75 Å². The summed E-state index contributed by atoms with van der Waals surface area (Å²) in [4.78, 5) is 11.2. The van der Waals surface area contributed by atoms with Crippen LogP contribution in [0.1, 0.15) is 32.6 Å². The molecule has 0 fully saturated rings. The molecule has 110 valence electrons. The smallest absolute Gasteiger partial charge is 0.371 e. The van der Waals surface area contributed by atoms with E-state index in [-0.39, 0.29) is 5.76 Å². The summed E-state index contributed by atoms with van der Waals surface area (Å²) in [6.45, 7) is 2.12. The van der Waals surface area contributed by atoms with Crippen LogP contribution in [0.2, 0.25) is 0 Å². The van der Waals surface area contributed by atoms with Gasteiger partial charge in [0, 0.05) is 0 Å². The van der Waals surface area contributed by atoms with Crippen LogP contribution in [0.15, 0.2) is 54.3 Å². The molecule has 3 heteroatoms. The van der Waals surface area contributed by atoms with Gasteiger partial charge in [-0.1, -0.05) is 50.1 Å². The van der Waals surface area contributed by atoms with E-state index in [0.717, 1.165) is 36.5 Å². The van der Waals surface area contributed by atoms with Crippen LogP contribution in [0.3, 0.4) is 0 Å². The lowest BCUT2D eigenvalue weighted by Gasteiger charge is -2.07. The Hall–Kier alpha value is -2.29. The van der Waals surface area contributed by atoms with Crippen LogP contribution in [0.5, 0.6) is 5.75 Å². The van der Waals surface area contributed by atoms with Crippen LogP contribution in [-0.4, -0.2) is 11.1 Å². The largest absolute Gasteiger partial charge is 0.475 e. The molecule has 0 amide bonds. The molecule has 0 aliphatic heterocycles. The first-order chi connectivity index (χ1) is 10.2. The normalized spacial score (nSPS) is 11.6. The number of fused-ring (bicyclic) bond motifs is 1. The number of aliphatic carboxylic acids is 1. The molecule has 0 atom stereocenters. The summed E-state index contributed by atoms with van der Waals surface area (Å²) in [5.41, 5.74) is 0. The molecule has 0 spiro atoms. The zero-order valence-electron chi connectivity index (χ0n) is 12.2. The summed E-state index contributed by atoms with van der Waals surface area (Å²) in [7, 11) is 0. The van der Waals surface area contributed by atoms with Gasteiger partial charge in [-0.3, -0.25) is 0 Å². The monoisotopic (exact) mass is 284 g/mol. The third kappa shape index (κ3) is 4.35. The predicted octanol–water partition coefficient (Wildman–Crippen LogP) is 4.77. The highest BCUT2D eigenvalue weighted by atomic mass is 16.5. The van der Waals surface area contributed by atoms with Gasteiger partial charge in [-0.15, -0.1) is 0 Å². The SMILES string of the molecule is CCCCCC=C(Oc1ccc2ccccc2c1)C(=O)O. The van der Waals surface area contributed by atoms with Crippen LogP contribution in [0.25, 0.3) is 10.8 Å². The molecule has 0 saturated heterocycles. The minimum absolute atomic E-state index is 0.00128. The zero-order chi connectivity index (χ0) is 15.1. The summed E-state index contributed by atoms with van der Waals surface area (Å²) in [5, 5.41) is 11.3. The Kier molecular flexibility index (Phi) is 5.38. The average Bonchev–Trinajstić information content (AvgIpc) is 2.50. The first kappa shape index (κ1) is 15.1. The maximum atomic E-state index is 11.2. The molecular formula is C18H20O3. The lowest BCUT2D eigenvalue weighted by Crippen LogP contribution is -2.07. The lowest BCUT2D eigenvalue weighted by atomic mass is 10.1. The Balaban J connectivity index is 2.12. The third-order valence-corrected chi connectivity index (χ3v) is 3.30. The molecule has 0 saturated carbocycles. The molecule has 0 radical (unpaired) electrons. The second kappa shape index (κ2) is 7.48. The minimum atomic E-state index is -1.03. The fourth-order valence-electron chi connectivity index (χ4n) is 2.16. The molecule has 0 aromatic heterocycles. The molecule has 0 heterocycles. The van der Waals surface area contributed by atoms with Gasteiger partial charge in [0.15, 0.2) is 0 Å². The lowest BCUT2D eigenvalue weighted by molar-refractivity contribution is -0.135. The second-order valence-corrected chi connectivity index (χ2v) is 4.98. The molecule has 1 N–H and O–H groups in total. The van der Waals surface area contributed by atoms with Crippen molar-refractivity contribution < 1.29 is 14.6 Å². The molecule has 2 rings (SSSR count). The first-order valence-electron chi connectivity index (χ1n) is 7.31. The van der Waals surface area contributed by atoms with Gasteiger partial charge in [0.1, 0.15) is 5.75 Å². The zero-order valence-corrected chi connectivity index (χ0v) is 12.2. The van der Waals surface area contributed by atoms with E-state index in [9.17, 15) is 9.90 Å². The number of hydrogen-bond donors (Lipinski definition) is 1. The van der Waals surface area contributed by atoms with Crippen molar-refractivity contribution in [3.63, 3.8) is 0 Å². The van der Waals surface area contributed by atoms with Gasteiger partial charge in [0.25, 0.3) is 0 Å². The van der Waals surface area contributed by atoms with Gasteiger partial charge in [-0.25, -0.2) is 4.79 Å². The number of allylic oxidation sites excluding steroid dienone is 1. The first-order valence-corrected chi connectivity index (χ1v) is 7.31. The van der Waals surface area contributed by atoms with Crippen molar-refractivity contribution >= 4 is 16.7 Å². The standard InChI is InChI=1S/C18H20O3/c1-2-3-4-5-10-17(18(19)20)21-16-12-11-14-8-6-7-9-15(14)13-16/h6-13H,2-5H2,1H3,(H,19,20). The molecule has 3 nitrogen and oxygen atoms in total. The molecule has 2 aromatic carbocycles. The maximum absolute atomic E-state index is 11.2. The number of carbonyl (C=O) groups is 1. The quantitative estimate of drug-likeness (QED) is 0.452. The number of hydrogen-bond acceptors (Lipinski definition) is 2. The Morgan fingerprint density at radius 1 is 1.14 bits per heavy atom. The molecule has 21 heavy (non-hydrogen) atoms. The minimum Gasteiger partial charge on any atom is -0.475 e. The average molecular weight is 284 g/mol. The molecule has 2 aromatic rings. The molecule has 0 aliphatic carbocycles. The van der Waals surface area contributed by atoms with Crippen LogP contribution < -0.4 is 4.74 Å². The molecule has 0 unspecified atom stereocenters. The van der Waals surface area contributed by atoms with Crippen molar-refractivity contribution in [2.24, 2.45) is 0 Å². The van der Waals surface area contributed by atoms with Crippen molar-refractivity contribution in [1.29, 1.82) is 0 Å². The third-order valence-electron chi connectivity index (χ3n) is 3.30. The van der Waals surface area contributed by atoms with Gasteiger partial charge < -0.3 is 9.84 Å². The molecule has 0 aliphatic rings. The van der Waals surface area contributed by atoms with Gasteiger partial charge in [0.2, 0.25) is 5.76 Å². The van der Waals surface area contributed by atoms with Crippen LogP contribution in [0.4, 0.5) is 0 Å². The maximum Gasteiger partial charge on any atom is 0.371 e. The summed E-state index contributed by atoms with van der Waals surface area (Å²) >= 11 is 0. The summed E-state index contributed by atoms with van der Waals surface area (Å²) in [6.07, 6.45) is 5.58. The fourth-order valence-corrected chi connectivity index (χ4v) is 2.16. The van der Waals surface area contributed by atoms with Crippen molar-refractivity contribution in [2.75, 3.05) is 0 Å². The van der Waals surface area contributed by atoms with Crippen molar-refractivity contribution in [3.05, 3.63) is 54.3 Å². The number of unbranched alkanes of at least 4 members (excludes halogenated alkanes) is 3. The van der Waals surface area contributed by atoms with Crippen LogP contribution in [-0.2, 0) is 4.79 Å². The van der Waals surface area contributed by atoms with Crippen molar-refractivity contribution in [1.82, 2.24) is 0 Å². The van der Waals surface area contributed by atoms with E-state index in [4.69, 9.17) is 4.74 Å². The topological polar surface area (TPSA) is 46.5 Å². The van der Waals surface area contributed by atoms with Gasteiger partial charge >= 0.3 is 5.97 Å². The van der Waals surface area contributed by atoms with E-state index < -0.39 is 5.97 Å². The highest BCUT2D eigenvalue weighted by Gasteiger charge is 2.10. The van der Waals surface area contributed by atoms with E-state index in [1.54, 1.807) is 12.1 Å². The highest BCUT2D eigenvalue weighted by Crippen LogP contribution is 2.22. The van der Waals surface area contributed by atoms with Crippen LogP contribution in [0, 0.1) is 0 Å². The van der Waals surface area contributed by atoms with E-state index in [1.165, 1.54) is 0 Å². The van der Waals surface area contributed by atoms with Gasteiger partial charge in [-0.2, -0.15) is 0 Å². The Morgan fingerprint density at radius 3 is 2.62 bits per heavy atom. The predicted molar refractivity (Wildman–Crippen MR) is 84.4 cm³/mol. The van der Waals surface area contributed by atoms with Gasteiger partial charge in [0.05, 0.1) is 0 Å². The summed E-state index contributed by atoms with van der Waals surface area (Å²) in [5.74, 6) is -0.473. The number of benzene rings is 2. The number of carboxylic acid groups (broad SMARTS) is 1. The summed E-state index contributed by atoms with van der Waals surface area (Å²) < 4.78 is 5.53. The number of rotatable bonds is 7. The Bertz CT molecular complexity index is 644. The number of carboxylic acids is 1. The molecule has 0 bridgehead atoms. The Labute approximate surface area is 124 Å². The summed E-state index contributed by atoms with van der Waals surface area (Å²) in [6, 6.07) is 13.5. The highest BCUT2D eigenvalue weighted by molar-refractivity contribution is 5.86. The number of ether oxygens (including phenoxy) is 1. The van der Waals surface area contributed by atoms with Crippen molar-refractivity contribution in [3.8, 4) is 5.75 Å². The van der Waals surface area contributed by atoms with E-state index >= 15 is 0 Å². The van der Waals surface area contributed by atoms with Gasteiger partial charge in [-0.05, 0) is 41.8 Å². The van der Waals surface area contributed by atoms with Crippen LogP contribution >= 0.6 is 0 Å². The molecular weight excluding hydrogens is 264 g/mol. The van der Waals surface area contributed by atoms with E-state index in [1.807, 2.05) is 36.4 Å². The Morgan fingerprint density at radius 2 is 1.90 bits per heavy atom. The second-order valence-electron chi connectivity index (χ2n) is 4.98. The fraction of sp³-hybridized carbons (Fsp3) is 0.278. The van der Waals surface area contributed by atoms with Crippen molar-refractivity contribution in [2.45, 2.75) is 32.6 Å². The van der Waals surface area contributed by atoms with E-state index in [2.05, 4.69) is 6.92 Å².